The molecule has 2 aromatic rings. The van der Waals surface area contributed by atoms with Gasteiger partial charge in [0.1, 0.15) is 0 Å². The van der Waals surface area contributed by atoms with Gasteiger partial charge in [0, 0.05) is 42.5 Å². The molecule has 0 bridgehead atoms. The van der Waals surface area contributed by atoms with Crippen LogP contribution >= 0.6 is 11.3 Å². The minimum atomic E-state index is -0.240. The average Bonchev–Trinajstić information content (AvgIpc) is 3.35. The lowest BCUT2D eigenvalue weighted by Gasteiger charge is -2.38. The van der Waals surface area contributed by atoms with Crippen LogP contribution in [0.5, 0.6) is 0 Å². The molecule has 6 nitrogen and oxygen atoms in total. The second-order valence-electron chi connectivity index (χ2n) is 7.58. The van der Waals surface area contributed by atoms with Crippen LogP contribution in [0, 0.1) is 0 Å². The zero-order valence-electron chi connectivity index (χ0n) is 15.1. The Hall–Kier alpha value is -1.73. The van der Waals surface area contributed by atoms with E-state index in [-0.39, 0.29) is 11.3 Å². The first-order valence-corrected chi connectivity index (χ1v) is 10.2. The Balaban J connectivity index is 1.45. The van der Waals surface area contributed by atoms with Gasteiger partial charge in [0.15, 0.2) is 5.82 Å². The Morgan fingerprint density at radius 3 is 3.04 bits per heavy atom. The van der Waals surface area contributed by atoms with Crippen molar-refractivity contribution in [2.45, 2.75) is 50.4 Å². The molecule has 140 valence electrons. The Labute approximate surface area is 157 Å². The molecule has 2 fully saturated rings. The van der Waals surface area contributed by atoms with E-state index in [0.717, 1.165) is 62.0 Å². The smallest absolute Gasteiger partial charge is 0.229 e. The van der Waals surface area contributed by atoms with Crippen molar-refractivity contribution in [2.24, 2.45) is 0 Å². The maximum absolute atomic E-state index is 12.7. The number of thiophene rings is 1. The van der Waals surface area contributed by atoms with E-state index < -0.39 is 0 Å². The third kappa shape index (κ3) is 3.69. The van der Waals surface area contributed by atoms with Crippen LogP contribution in [0.25, 0.3) is 0 Å². The standard InChI is InChI=1S/C19H25N3O3S/c1-19(18-20-17(25-21-18)14-5-9-24-10-6-14)7-3-8-22(13-19)16(23)12-15-4-2-11-26-15/h2,4,11,14H,3,5-10,12-13H2,1H3. The summed E-state index contributed by atoms with van der Waals surface area (Å²) in [5.74, 6) is 1.96. The summed E-state index contributed by atoms with van der Waals surface area (Å²) in [6, 6.07) is 4.01. The normalized spacial score (nSPS) is 24.7. The maximum Gasteiger partial charge on any atom is 0.229 e. The van der Waals surface area contributed by atoms with Gasteiger partial charge in [-0.2, -0.15) is 4.98 Å². The van der Waals surface area contributed by atoms with Crippen molar-refractivity contribution in [3.8, 4) is 0 Å². The quantitative estimate of drug-likeness (QED) is 0.821. The van der Waals surface area contributed by atoms with Crippen molar-refractivity contribution in [3.63, 3.8) is 0 Å². The van der Waals surface area contributed by atoms with Crippen LogP contribution in [0.15, 0.2) is 22.0 Å². The zero-order chi connectivity index (χ0) is 18.0. The lowest BCUT2D eigenvalue weighted by molar-refractivity contribution is -0.132. The minimum absolute atomic E-state index is 0.187. The number of carbonyl (C=O) groups excluding carboxylic acids is 1. The minimum Gasteiger partial charge on any atom is -0.381 e. The number of piperidine rings is 1. The highest BCUT2D eigenvalue weighted by molar-refractivity contribution is 7.10. The molecule has 7 heteroatoms. The van der Waals surface area contributed by atoms with Gasteiger partial charge in [-0.15, -0.1) is 11.3 Å². The van der Waals surface area contributed by atoms with E-state index in [1.165, 1.54) is 0 Å². The highest BCUT2D eigenvalue weighted by Crippen LogP contribution is 2.34. The summed E-state index contributed by atoms with van der Waals surface area (Å²) in [6.45, 7) is 5.12. The number of ether oxygens (including phenoxy) is 1. The topological polar surface area (TPSA) is 68.5 Å². The number of aromatic nitrogens is 2. The summed E-state index contributed by atoms with van der Waals surface area (Å²) in [6.07, 6.45) is 4.29. The van der Waals surface area contributed by atoms with Gasteiger partial charge in [0.25, 0.3) is 0 Å². The third-order valence-electron chi connectivity index (χ3n) is 5.51. The molecule has 0 saturated carbocycles. The van der Waals surface area contributed by atoms with E-state index in [2.05, 4.69) is 12.1 Å². The molecule has 1 amide bonds. The van der Waals surface area contributed by atoms with Crippen molar-refractivity contribution in [1.82, 2.24) is 15.0 Å². The van der Waals surface area contributed by atoms with E-state index >= 15 is 0 Å². The fourth-order valence-corrected chi connectivity index (χ4v) is 4.60. The SMILES string of the molecule is CC1(c2noc(C3CCOCC3)n2)CCCN(C(=O)Cc2cccs2)C1. The molecule has 1 unspecified atom stereocenters. The average molecular weight is 375 g/mol. The lowest BCUT2D eigenvalue weighted by atomic mass is 9.81. The molecule has 26 heavy (non-hydrogen) atoms. The largest absolute Gasteiger partial charge is 0.381 e. The summed E-state index contributed by atoms with van der Waals surface area (Å²) in [7, 11) is 0. The summed E-state index contributed by atoms with van der Waals surface area (Å²) in [5.41, 5.74) is -0.240. The number of likely N-dealkylation sites (tertiary alicyclic amines) is 1. The number of hydrogen-bond acceptors (Lipinski definition) is 6. The monoisotopic (exact) mass is 375 g/mol. The molecular weight excluding hydrogens is 350 g/mol. The van der Waals surface area contributed by atoms with Crippen LogP contribution in [0.4, 0.5) is 0 Å². The van der Waals surface area contributed by atoms with Crippen molar-refractivity contribution < 1.29 is 14.1 Å². The number of rotatable bonds is 4. The van der Waals surface area contributed by atoms with Gasteiger partial charge in [-0.05, 0) is 37.1 Å². The molecule has 2 aliphatic heterocycles. The van der Waals surface area contributed by atoms with Gasteiger partial charge < -0.3 is 14.2 Å². The van der Waals surface area contributed by atoms with Crippen LogP contribution in [0.3, 0.4) is 0 Å². The molecule has 0 aliphatic carbocycles. The van der Waals surface area contributed by atoms with Gasteiger partial charge in [-0.25, -0.2) is 0 Å². The molecule has 1 atom stereocenters. The molecule has 4 heterocycles. The molecule has 0 radical (unpaired) electrons. The van der Waals surface area contributed by atoms with Crippen LogP contribution in [0.2, 0.25) is 0 Å². The molecule has 2 saturated heterocycles. The van der Waals surface area contributed by atoms with E-state index in [0.29, 0.717) is 18.9 Å². The lowest BCUT2D eigenvalue weighted by Crippen LogP contribution is -2.48. The van der Waals surface area contributed by atoms with Gasteiger partial charge in [0.05, 0.1) is 6.42 Å². The summed E-state index contributed by atoms with van der Waals surface area (Å²) >= 11 is 1.63. The number of amides is 1. The Morgan fingerprint density at radius 2 is 2.27 bits per heavy atom. The molecular formula is C19H25N3O3S. The van der Waals surface area contributed by atoms with Crippen molar-refractivity contribution in [1.29, 1.82) is 0 Å². The van der Waals surface area contributed by atoms with E-state index in [1.807, 2.05) is 22.4 Å². The van der Waals surface area contributed by atoms with Crippen LogP contribution in [0.1, 0.15) is 55.1 Å². The second kappa shape index (κ2) is 7.48. The fourth-order valence-electron chi connectivity index (χ4n) is 3.90. The first-order chi connectivity index (χ1) is 12.6. The Kier molecular flexibility index (Phi) is 5.09. The van der Waals surface area contributed by atoms with Gasteiger partial charge >= 0.3 is 0 Å². The molecule has 0 spiro atoms. The van der Waals surface area contributed by atoms with Crippen LogP contribution < -0.4 is 0 Å². The van der Waals surface area contributed by atoms with Gasteiger partial charge in [-0.3, -0.25) is 4.79 Å². The molecule has 2 aliphatic rings. The van der Waals surface area contributed by atoms with E-state index in [1.54, 1.807) is 11.3 Å². The Bertz CT molecular complexity index is 739. The number of carbonyl (C=O) groups is 1. The fraction of sp³-hybridized carbons (Fsp3) is 0.632. The van der Waals surface area contributed by atoms with Crippen LogP contribution in [-0.2, 0) is 21.4 Å². The predicted molar refractivity (Wildman–Crippen MR) is 98.3 cm³/mol. The number of hydrogen-bond donors (Lipinski definition) is 0. The summed E-state index contributed by atoms with van der Waals surface area (Å²) in [4.78, 5) is 20.5. The highest BCUT2D eigenvalue weighted by Gasteiger charge is 2.39. The first kappa shape index (κ1) is 17.7. The highest BCUT2D eigenvalue weighted by atomic mass is 32.1. The van der Waals surface area contributed by atoms with Crippen molar-refractivity contribution in [2.75, 3.05) is 26.3 Å². The molecule has 4 rings (SSSR count). The molecule has 0 aromatic carbocycles. The number of nitrogens with zero attached hydrogens (tertiary/aromatic N) is 3. The Morgan fingerprint density at radius 1 is 1.42 bits per heavy atom. The zero-order valence-corrected chi connectivity index (χ0v) is 16.0. The molecule has 2 aromatic heterocycles. The van der Waals surface area contributed by atoms with Crippen LogP contribution in [-0.4, -0.2) is 47.3 Å². The van der Waals surface area contributed by atoms with Crippen molar-refractivity contribution in [3.05, 3.63) is 34.1 Å². The predicted octanol–water partition coefficient (Wildman–Crippen LogP) is 3.15. The van der Waals surface area contributed by atoms with Gasteiger partial charge in [0.2, 0.25) is 11.8 Å². The molecule has 0 N–H and O–H groups in total. The third-order valence-corrected chi connectivity index (χ3v) is 6.38. The van der Waals surface area contributed by atoms with Crippen molar-refractivity contribution >= 4 is 17.2 Å². The summed E-state index contributed by atoms with van der Waals surface area (Å²) in [5, 5.41) is 6.31. The summed E-state index contributed by atoms with van der Waals surface area (Å²) < 4.78 is 11.0. The van der Waals surface area contributed by atoms with E-state index in [9.17, 15) is 4.79 Å². The van der Waals surface area contributed by atoms with E-state index in [4.69, 9.17) is 14.2 Å². The van der Waals surface area contributed by atoms with Gasteiger partial charge in [-0.1, -0.05) is 18.1 Å². The maximum atomic E-state index is 12.7. The second-order valence-corrected chi connectivity index (χ2v) is 8.61. The first-order valence-electron chi connectivity index (χ1n) is 9.36.